The lowest BCUT2D eigenvalue weighted by atomic mass is 9.78. The van der Waals surface area contributed by atoms with Crippen LogP contribution in [0.5, 0.6) is 0 Å². The highest BCUT2D eigenvalue weighted by Crippen LogP contribution is 2.29. The molecule has 1 saturated heterocycles. The minimum atomic E-state index is -0.315. The molecule has 1 aliphatic rings. The third kappa shape index (κ3) is 7.48. The van der Waals surface area contributed by atoms with Gasteiger partial charge in [0.2, 0.25) is 5.91 Å². The minimum Gasteiger partial charge on any atom is -0.384 e. The summed E-state index contributed by atoms with van der Waals surface area (Å²) >= 11 is 0. The Labute approximate surface area is 136 Å². The van der Waals surface area contributed by atoms with Crippen LogP contribution < -0.4 is 10.6 Å². The van der Waals surface area contributed by atoms with E-state index in [4.69, 9.17) is 4.74 Å². The van der Waals surface area contributed by atoms with Gasteiger partial charge in [-0.1, -0.05) is 27.2 Å². The molecule has 0 aromatic heterocycles. The molecular weight excluding hydrogens is 288 g/mol. The number of halogens is 1. The van der Waals surface area contributed by atoms with E-state index in [-0.39, 0.29) is 23.7 Å². The molecule has 5 heteroatoms. The van der Waals surface area contributed by atoms with Gasteiger partial charge in [0.1, 0.15) is 0 Å². The van der Waals surface area contributed by atoms with Crippen molar-refractivity contribution < 1.29 is 9.53 Å². The largest absolute Gasteiger partial charge is 0.384 e. The molecule has 1 amide bonds. The molecule has 0 saturated carbocycles. The normalized spacial score (nSPS) is 17.9. The maximum absolute atomic E-state index is 12.5. The Morgan fingerprint density at radius 1 is 1.24 bits per heavy atom. The van der Waals surface area contributed by atoms with Crippen molar-refractivity contribution in [1.82, 2.24) is 10.6 Å². The van der Waals surface area contributed by atoms with Crippen LogP contribution >= 0.6 is 12.4 Å². The molecule has 1 heterocycles. The zero-order valence-electron chi connectivity index (χ0n) is 14.1. The molecule has 0 atom stereocenters. The van der Waals surface area contributed by atoms with Gasteiger partial charge in [0, 0.05) is 13.7 Å². The van der Waals surface area contributed by atoms with Crippen molar-refractivity contribution >= 4 is 18.3 Å². The Kier molecular flexibility index (Phi) is 9.50. The lowest BCUT2D eigenvalue weighted by Crippen LogP contribution is -2.50. The summed E-state index contributed by atoms with van der Waals surface area (Å²) in [6, 6.07) is 0. The Hall–Kier alpha value is -0.320. The topological polar surface area (TPSA) is 50.4 Å². The van der Waals surface area contributed by atoms with E-state index in [9.17, 15) is 4.79 Å². The quantitative estimate of drug-likeness (QED) is 0.709. The highest BCUT2D eigenvalue weighted by molar-refractivity contribution is 5.85. The van der Waals surface area contributed by atoms with Crippen LogP contribution in [0.2, 0.25) is 0 Å². The zero-order chi connectivity index (χ0) is 15.1. The summed E-state index contributed by atoms with van der Waals surface area (Å²) in [6.07, 6.45) is 5.17. The van der Waals surface area contributed by atoms with Crippen LogP contribution in [0.4, 0.5) is 0 Å². The second-order valence-corrected chi connectivity index (χ2v) is 7.24. The van der Waals surface area contributed by atoms with Crippen molar-refractivity contribution in [2.24, 2.45) is 10.8 Å². The molecule has 1 aliphatic heterocycles. The molecule has 0 spiro atoms. The standard InChI is InChI=1S/C16H32N2O2.ClH/c1-15(2,3)7-5-6-10-18-14(19)16(13-20-4)8-11-17-12-9-16;/h17H,5-13H2,1-4H3,(H,18,19);1H. The zero-order valence-corrected chi connectivity index (χ0v) is 14.9. The van der Waals surface area contributed by atoms with Gasteiger partial charge in [-0.3, -0.25) is 4.79 Å². The molecule has 2 N–H and O–H groups in total. The van der Waals surface area contributed by atoms with Gasteiger partial charge in [-0.25, -0.2) is 0 Å². The van der Waals surface area contributed by atoms with Gasteiger partial charge in [0.15, 0.2) is 0 Å². The first kappa shape index (κ1) is 20.7. The molecule has 126 valence electrons. The fraction of sp³-hybridized carbons (Fsp3) is 0.938. The Morgan fingerprint density at radius 2 is 1.86 bits per heavy atom. The van der Waals surface area contributed by atoms with E-state index in [1.54, 1.807) is 7.11 Å². The number of unbranched alkanes of at least 4 members (excludes halogenated alkanes) is 1. The van der Waals surface area contributed by atoms with Crippen LogP contribution in [0, 0.1) is 10.8 Å². The monoisotopic (exact) mass is 320 g/mol. The van der Waals surface area contributed by atoms with E-state index in [1.807, 2.05) is 0 Å². The lowest BCUT2D eigenvalue weighted by molar-refractivity contribution is -0.136. The summed E-state index contributed by atoms with van der Waals surface area (Å²) in [6.45, 7) is 9.90. The number of rotatable bonds is 7. The van der Waals surface area contributed by atoms with Crippen LogP contribution in [0.3, 0.4) is 0 Å². The van der Waals surface area contributed by atoms with Crippen LogP contribution in [0.15, 0.2) is 0 Å². The van der Waals surface area contributed by atoms with Gasteiger partial charge in [-0.15, -0.1) is 12.4 Å². The summed E-state index contributed by atoms with van der Waals surface area (Å²) in [4.78, 5) is 12.5. The van der Waals surface area contributed by atoms with Crippen molar-refractivity contribution in [3.8, 4) is 0 Å². The van der Waals surface area contributed by atoms with Crippen LogP contribution in [0.25, 0.3) is 0 Å². The first-order valence-corrected chi connectivity index (χ1v) is 7.88. The Balaban J connectivity index is 0.00000400. The molecule has 21 heavy (non-hydrogen) atoms. The Bertz CT molecular complexity index is 292. The molecular formula is C16H33ClN2O2. The summed E-state index contributed by atoms with van der Waals surface area (Å²) in [5.74, 6) is 0.177. The van der Waals surface area contributed by atoms with Crippen molar-refractivity contribution in [2.45, 2.75) is 52.9 Å². The molecule has 0 unspecified atom stereocenters. The van der Waals surface area contributed by atoms with E-state index < -0.39 is 0 Å². The van der Waals surface area contributed by atoms with Gasteiger partial charge in [0.25, 0.3) is 0 Å². The number of methoxy groups -OCH3 is 1. The van der Waals surface area contributed by atoms with Crippen molar-refractivity contribution in [3.63, 3.8) is 0 Å². The number of amides is 1. The molecule has 0 radical (unpaired) electrons. The number of hydrogen-bond donors (Lipinski definition) is 2. The molecule has 0 aromatic carbocycles. The predicted octanol–water partition coefficient (Wildman–Crippen LogP) is 2.76. The van der Waals surface area contributed by atoms with Gasteiger partial charge in [0.05, 0.1) is 12.0 Å². The molecule has 0 aromatic rings. The summed E-state index contributed by atoms with van der Waals surface area (Å²) in [5.41, 5.74) is 0.0698. The maximum Gasteiger partial charge on any atom is 0.228 e. The van der Waals surface area contributed by atoms with Crippen molar-refractivity contribution in [1.29, 1.82) is 0 Å². The molecule has 1 rings (SSSR count). The highest BCUT2D eigenvalue weighted by atomic mass is 35.5. The van der Waals surface area contributed by atoms with E-state index in [0.29, 0.717) is 12.0 Å². The van der Waals surface area contributed by atoms with Crippen LogP contribution in [0.1, 0.15) is 52.9 Å². The van der Waals surface area contributed by atoms with Crippen molar-refractivity contribution in [2.75, 3.05) is 33.4 Å². The number of nitrogens with one attached hydrogen (secondary N) is 2. The third-order valence-electron chi connectivity index (χ3n) is 4.10. The SMILES string of the molecule is COCC1(C(=O)NCCCCC(C)(C)C)CCNCC1.Cl. The second-order valence-electron chi connectivity index (χ2n) is 7.24. The first-order valence-electron chi connectivity index (χ1n) is 7.88. The molecule has 1 fully saturated rings. The Morgan fingerprint density at radius 3 is 2.38 bits per heavy atom. The van der Waals surface area contributed by atoms with Crippen LogP contribution in [-0.4, -0.2) is 39.3 Å². The number of hydrogen-bond acceptors (Lipinski definition) is 3. The van der Waals surface area contributed by atoms with Gasteiger partial charge >= 0.3 is 0 Å². The lowest BCUT2D eigenvalue weighted by Gasteiger charge is -2.35. The van der Waals surface area contributed by atoms with Crippen molar-refractivity contribution in [3.05, 3.63) is 0 Å². The van der Waals surface area contributed by atoms with E-state index >= 15 is 0 Å². The fourth-order valence-corrected chi connectivity index (χ4v) is 2.79. The van der Waals surface area contributed by atoms with Gasteiger partial charge in [-0.05, 0) is 44.2 Å². The fourth-order valence-electron chi connectivity index (χ4n) is 2.79. The minimum absolute atomic E-state index is 0. The number of piperidine rings is 1. The molecule has 4 nitrogen and oxygen atoms in total. The summed E-state index contributed by atoms with van der Waals surface area (Å²) in [7, 11) is 1.68. The first-order chi connectivity index (χ1) is 9.40. The van der Waals surface area contributed by atoms with Gasteiger partial charge < -0.3 is 15.4 Å². The summed E-state index contributed by atoms with van der Waals surface area (Å²) < 4.78 is 5.29. The average Bonchev–Trinajstić information content (AvgIpc) is 2.38. The van der Waals surface area contributed by atoms with Gasteiger partial charge in [-0.2, -0.15) is 0 Å². The highest BCUT2D eigenvalue weighted by Gasteiger charge is 2.39. The number of ether oxygens (including phenoxy) is 1. The average molecular weight is 321 g/mol. The second kappa shape index (κ2) is 9.65. The van der Waals surface area contributed by atoms with E-state index in [2.05, 4.69) is 31.4 Å². The number of carbonyl (C=O) groups excluding carboxylic acids is 1. The number of carbonyl (C=O) groups is 1. The third-order valence-corrected chi connectivity index (χ3v) is 4.10. The van der Waals surface area contributed by atoms with E-state index in [0.717, 1.165) is 38.9 Å². The summed E-state index contributed by atoms with van der Waals surface area (Å²) in [5, 5.41) is 6.43. The smallest absolute Gasteiger partial charge is 0.228 e. The van der Waals surface area contributed by atoms with E-state index in [1.165, 1.54) is 12.8 Å². The van der Waals surface area contributed by atoms with Crippen LogP contribution in [-0.2, 0) is 9.53 Å². The predicted molar refractivity (Wildman–Crippen MR) is 90.0 cm³/mol. The maximum atomic E-state index is 12.5. The molecule has 0 aliphatic carbocycles. The molecule has 0 bridgehead atoms.